The van der Waals surface area contributed by atoms with Crippen LogP contribution in [0, 0.1) is 17.0 Å². The SMILES string of the molecule is Cc1cc(C(O)C(O)CC(=O)O)cc([N+](=O)[O-])c1. The molecule has 98 valence electrons. The van der Waals surface area contributed by atoms with E-state index in [2.05, 4.69) is 0 Å². The standard InChI is InChI=1S/C11H13NO6/c1-6-2-7(4-8(3-6)12(17)18)11(16)9(13)5-10(14)15/h2-4,9,11,13,16H,5H2,1H3,(H,14,15). The Morgan fingerprint density at radius 2 is 2.00 bits per heavy atom. The number of rotatable bonds is 5. The largest absolute Gasteiger partial charge is 0.481 e. The van der Waals surface area contributed by atoms with Crippen molar-refractivity contribution in [3.63, 3.8) is 0 Å². The van der Waals surface area contributed by atoms with E-state index in [0.717, 1.165) is 6.07 Å². The van der Waals surface area contributed by atoms with E-state index in [9.17, 15) is 25.1 Å². The van der Waals surface area contributed by atoms with Crippen LogP contribution in [-0.4, -0.2) is 32.3 Å². The van der Waals surface area contributed by atoms with Gasteiger partial charge in [-0.25, -0.2) is 0 Å². The van der Waals surface area contributed by atoms with Gasteiger partial charge in [0.2, 0.25) is 0 Å². The zero-order valence-electron chi connectivity index (χ0n) is 9.61. The highest BCUT2D eigenvalue weighted by atomic mass is 16.6. The molecule has 1 rings (SSSR count). The average molecular weight is 255 g/mol. The van der Waals surface area contributed by atoms with Crippen molar-refractivity contribution in [2.45, 2.75) is 25.6 Å². The fourth-order valence-electron chi connectivity index (χ4n) is 1.58. The van der Waals surface area contributed by atoms with Crippen LogP contribution >= 0.6 is 0 Å². The number of aliphatic hydroxyl groups is 2. The first-order valence-electron chi connectivity index (χ1n) is 5.15. The van der Waals surface area contributed by atoms with Crippen LogP contribution in [0.2, 0.25) is 0 Å². The summed E-state index contributed by atoms with van der Waals surface area (Å²) in [5, 5.41) is 38.3. The maximum absolute atomic E-state index is 10.6. The van der Waals surface area contributed by atoms with Gasteiger partial charge in [0.05, 0.1) is 17.4 Å². The van der Waals surface area contributed by atoms with Crippen LogP contribution in [0.3, 0.4) is 0 Å². The molecule has 0 aromatic heterocycles. The van der Waals surface area contributed by atoms with Gasteiger partial charge >= 0.3 is 5.97 Å². The first kappa shape index (κ1) is 14.1. The summed E-state index contributed by atoms with van der Waals surface area (Å²) >= 11 is 0. The second kappa shape index (κ2) is 5.56. The Bertz CT molecular complexity index is 473. The number of carboxylic acids is 1. The van der Waals surface area contributed by atoms with Gasteiger partial charge in [0.15, 0.2) is 0 Å². The topological polar surface area (TPSA) is 121 Å². The molecule has 2 atom stereocenters. The van der Waals surface area contributed by atoms with Gasteiger partial charge in [-0.2, -0.15) is 0 Å². The van der Waals surface area contributed by atoms with Crippen molar-refractivity contribution in [3.8, 4) is 0 Å². The Hall–Kier alpha value is -1.99. The smallest absolute Gasteiger partial charge is 0.306 e. The van der Waals surface area contributed by atoms with Crippen molar-refractivity contribution >= 4 is 11.7 Å². The van der Waals surface area contributed by atoms with Crippen molar-refractivity contribution < 1.29 is 25.0 Å². The number of nitrogens with zero attached hydrogens (tertiary/aromatic N) is 1. The monoisotopic (exact) mass is 255 g/mol. The van der Waals surface area contributed by atoms with Gasteiger partial charge in [0.25, 0.3) is 5.69 Å². The first-order chi connectivity index (χ1) is 8.31. The molecular weight excluding hydrogens is 242 g/mol. The van der Waals surface area contributed by atoms with Crippen LogP contribution in [0.15, 0.2) is 18.2 Å². The molecule has 0 fully saturated rings. The summed E-state index contributed by atoms with van der Waals surface area (Å²) in [7, 11) is 0. The minimum atomic E-state index is -1.51. The molecule has 0 aliphatic rings. The highest BCUT2D eigenvalue weighted by Crippen LogP contribution is 2.25. The predicted molar refractivity (Wildman–Crippen MR) is 61.1 cm³/mol. The highest BCUT2D eigenvalue weighted by molar-refractivity contribution is 5.67. The van der Waals surface area contributed by atoms with Crippen molar-refractivity contribution in [1.82, 2.24) is 0 Å². The number of aliphatic hydroxyl groups excluding tert-OH is 2. The summed E-state index contributed by atoms with van der Waals surface area (Å²) in [5.41, 5.74) is 0.447. The number of aliphatic carboxylic acids is 1. The van der Waals surface area contributed by atoms with E-state index < -0.39 is 29.5 Å². The summed E-state index contributed by atoms with van der Waals surface area (Å²) in [6, 6.07) is 3.89. The molecule has 3 N–H and O–H groups in total. The lowest BCUT2D eigenvalue weighted by Gasteiger charge is -2.16. The summed E-state index contributed by atoms with van der Waals surface area (Å²) in [6.07, 6.45) is -3.62. The third kappa shape index (κ3) is 3.51. The molecule has 7 heteroatoms. The van der Waals surface area contributed by atoms with Crippen LogP contribution in [-0.2, 0) is 4.79 Å². The molecule has 1 aromatic carbocycles. The Balaban J connectivity index is 3.01. The molecule has 1 aromatic rings. The fourth-order valence-corrected chi connectivity index (χ4v) is 1.58. The van der Waals surface area contributed by atoms with Crippen molar-refractivity contribution in [1.29, 1.82) is 0 Å². The number of benzene rings is 1. The van der Waals surface area contributed by atoms with Gasteiger partial charge in [-0.15, -0.1) is 0 Å². The molecule has 0 radical (unpaired) electrons. The lowest BCUT2D eigenvalue weighted by molar-refractivity contribution is -0.385. The first-order valence-corrected chi connectivity index (χ1v) is 5.15. The molecule has 0 saturated carbocycles. The quantitative estimate of drug-likeness (QED) is 0.528. The number of hydrogen-bond donors (Lipinski definition) is 3. The molecule has 0 aliphatic heterocycles. The minimum absolute atomic E-state index is 0.121. The van der Waals surface area contributed by atoms with Crippen LogP contribution in [0.5, 0.6) is 0 Å². The van der Waals surface area contributed by atoms with Crippen molar-refractivity contribution in [2.24, 2.45) is 0 Å². The molecule has 0 bridgehead atoms. The van der Waals surface area contributed by atoms with E-state index in [1.165, 1.54) is 12.1 Å². The van der Waals surface area contributed by atoms with Gasteiger partial charge in [-0.05, 0) is 18.1 Å². The minimum Gasteiger partial charge on any atom is -0.481 e. The Kier molecular flexibility index (Phi) is 4.35. The van der Waals surface area contributed by atoms with Crippen molar-refractivity contribution in [2.75, 3.05) is 0 Å². The molecular formula is C11H13NO6. The van der Waals surface area contributed by atoms with E-state index in [-0.39, 0.29) is 11.3 Å². The predicted octanol–water partition coefficient (Wildman–Crippen LogP) is 0.772. The number of nitro benzene ring substituents is 1. The van der Waals surface area contributed by atoms with E-state index >= 15 is 0 Å². The maximum Gasteiger partial charge on any atom is 0.306 e. The Morgan fingerprint density at radius 3 is 2.50 bits per heavy atom. The molecule has 7 nitrogen and oxygen atoms in total. The van der Waals surface area contributed by atoms with Gasteiger partial charge < -0.3 is 15.3 Å². The summed E-state index contributed by atoms with van der Waals surface area (Å²) in [5.74, 6) is -1.26. The molecule has 0 amide bonds. The lowest BCUT2D eigenvalue weighted by Crippen LogP contribution is -2.21. The molecule has 0 heterocycles. The third-order valence-electron chi connectivity index (χ3n) is 2.39. The Labute approximate surface area is 102 Å². The second-order valence-corrected chi connectivity index (χ2v) is 3.97. The van der Waals surface area contributed by atoms with Gasteiger partial charge in [-0.3, -0.25) is 14.9 Å². The number of carbonyl (C=O) groups is 1. The van der Waals surface area contributed by atoms with Gasteiger partial charge in [-0.1, -0.05) is 6.07 Å². The zero-order valence-corrected chi connectivity index (χ0v) is 9.61. The molecule has 18 heavy (non-hydrogen) atoms. The number of hydrogen-bond acceptors (Lipinski definition) is 5. The van der Waals surface area contributed by atoms with E-state index in [1.807, 2.05) is 0 Å². The number of non-ortho nitro benzene ring substituents is 1. The van der Waals surface area contributed by atoms with E-state index in [0.29, 0.717) is 5.56 Å². The number of carboxylic acid groups (broad SMARTS) is 1. The second-order valence-electron chi connectivity index (χ2n) is 3.97. The molecule has 0 aliphatic carbocycles. The van der Waals surface area contributed by atoms with Crippen LogP contribution in [0.1, 0.15) is 23.7 Å². The average Bonchev–Trinajstić information content (AvgIpc) is 2.26. The van der Waals surface area contributed by atoms with Crippen LogP contribution in [0.4, 0.5) is 5.69 Å². The van der Waals surface area contributed by atoms with Gasteiger partial charge in [0, 0.05) is 12.1 Å². The summed E-state index contributed by atoms with van der Waals surface area (Å²) in [4.78, 5) is 20.4. The fraction of sp³-hybridized carbons (Fsp3) is 0.364. The third-order valence-corrected chi connectivity index (χ3v) is 2.39. The molecule has 0 spiro atoms. The van der Waals surface area contributed by atoms with E-state index in [4.69, 9.17) is 5.11 Å². The number of nitro groups is 1. The molecule has 0 saturated heterocycles. The number of aryl methyl sites for hydroxylation is 1. The highest BCUT2D eigenvalue weighted by Gasteiger charge is 2.23. The van der Waals surface area contributed by atoms with Crippen LogP contribution < -0.4 is 0 Å². The summed E-state index contributed by atoms with van der Waals surface area (Å²) in [6.45, 7) is 1.60. The summed E-state index contributed by atoms with van der Waals surface area (Å²) < 4.78 is 0. The maximum atomic E-state index is 10.6. The lowest BCUT2D eigenvalue weighted by atomic mass is 10.00. The normalized spacial score (nSPS) is 13.9. The van der Waals surface area contributed by atoms with Crippen LogP contribution in [0.25, 0.3) is 0 Å². The van der Waals surface area contributed by atoms with Crippen molar-refractivity contribution in [3.05, 3.63) is 39.4 Å². The van der Waals surface area contributed by atoms with E-state index in [1.54, 1.807) is 6.92 Å². The Morgan fingerprint density at radius 1 is 1.39 bits per heavy atom. The molecule has 2 unspecified atom stereocenters. The zero-order chi connectivity index (χ0) is 13.9. The van der Waals surface area contributed by atoms with Gasteiger partial charge in [0.1, 0.15) is 6.10 Å².